The maximum atomic E-state index is 4.69. The fourth-order valence-electron chi connectivity index (χ4n) is 2.76. The number of nitrogens with zero attached hydrogens (tertiary/aromatic N) is 5. The third-order valence-electron chi connectivity index (χ3n) is 3.86. The van der Waals surface area contributed by atoms with Gasteiger partial charge >= 0.3 is 0 Å². The van der Waals surface area contributed by atoms with Crippen LogP contribution in [0.2, 0.25) is 0 Å². The van der Waals surface area contributed by atoms with Crippen molar-refractivity contribution in [3.8, 4) is 0 Å². The number of aromatic nitrogens is 2. The summed E-state index contributed by atoms with van der Waals surface area (Å²) in [6.07, 6.45) is 5.45. The van der Waals surface area contributed by atoms with Gasteiger partial charge < -0.3 is 9.91 Å². The summed E-state index contributed by atoms with van der Waals surface area (Å²) in [5, 5.41) is 6.49. The number of para-hydroxylation sites is 1. The van der Waals surface area contributed by atoms with E-state index in [2.05, 4.69) is 64.5 Å². The first-order valence-electron chi connectivity index (χ1n) is 8.24. The van der Waals surface area contributed by atoms with Gasteiger partial charge in [-0.1, -0.05) is 42.5 Å². The summed E-state index contributed by atoms with van der Waals surface area (Å²) in [4.78, 5) is 6.41. The fraction of sp³-hybridized carbons (Fsp3) is 0.200. The molecule has 0 fully saturated rings. The maximum Gasteiger partial charge on any atom is 0.167 e. The van der Waals surface area contributed by atoms with Crippen LogP contribution in [0.4, 0.5) is 5.69 Å². The summed E-state index contributed by atoms with van der Waals surface area (Å²) >= 11 is 0. The first kappa shape index (κ1) is 16.8. The van der Waals surface area contributed by atoms with Crippen molar-refractivity contribution in [2.45, 2.75) is 6.54 Å². The van der Waals surface area contributed by atoms with E-state index >= 15 is 0 Å². The summed E-state index contributed by atoms with van der Waals surface area (Å²) in [5.74, 6) is 0.845. The van der Waals surface area contributed by atoms with Crippen LogP contribution in [0.1, 0.15) is 11.1 Å². The summed E-state index contributed by atoms with van der Waals surface area (Å²) in [5.41, 5.74) is 3.46. The molecule has 2 aromatic carbocycles. The van der Waals surface area contributed by atoms with Crippen molar-refractivity contribution in [1.82, 2.24) is 14.6 Å². The molecule has 3 rings (SSSR count). The highest BCUT2D eigenvalue weighted by Crippen LogP contribution is 2.23. The Bertz CT molecular complexity index is 822. The molecule has 0 aliphatic carbocycles. The van der Waals surface area contributed by atoms with Crippen LogP contribution in [-0.4, -0.2) is 41.5 Å². The lowest BCUT2D eigenvalue weighted by atomic mass is 10.1. The van der Waals surface area contributed by atoms with E-state index in [0.717, 1.165) is 23.6 Å². The molecule has 0 aliphatic heterocycles. The molecule has 128 valence electrons. The Morgan fingerprint density at radius 3 is 2.40 bits per heavy atom. The molecule has 0 amide bonds. The lowest BCUT2D eigenvalue weighted by molar-refractivity contribution is 0.435. The molecule has 0 N–H and O–H groups in total. The number of hydrazone groups is 1. The van der Waals surface area contributed by atoms with Crippen molar-refractivity contribution in [2.24, 2.45) is 5.10 Å². The zero-order valence-corrected chi connectivity index (χ0v) is 14.9. The van der Waals surface area contributed by atoms with Gasteiger partial charge in [0.05, 0.1) is 0 Å². The normalized spacial score (nSPS) is 11.4. The van der Waals surface area contributed by atoms with Gasteiger partial charge in [0, 0.05) is 51.3 Å². The smallest absolute Gasteiger partial charge is 0.167 e. The van der Waals surface area contributed by atoms with Gasteiger partial charge in [-0.05, 0) is 17.7 Å². The first-order chi connectivity index (χ1) is 12.1. The second-order valence-electron chi connectivity index (χ2n) is 6.10. The van der Waals surface area contributed by atoms with Gasteiger partial charge in [-0.25, -0.2) is 4.98 Å². The van der Waals surface area contributed by atoms with E-state index in [1.165, 1.54) is 5.56 Å². The fourth-order valence-corrected chi connectivity index (χ4v) is 2.76. The van der Waals surface area contributed by atoms with Gasteiger partial charge in [-0.2, -0.15) is 5.10 Å². The molecule has 0 saturated heterocycles. The molecule has 0 atom stereocenters. The second kappa shape index (κ2) is 7.66. The highest BCUT2D eigenvalue weighted by molar-refractivity contribution is 6.04. The molecule has 1 heterocycles. The van der Waals surface area contributed by atoms with E-state index in [1.54, 1.807) is 12.5 Å². The molecule has 1 aromatic heterocycles. The molecule has 5 heteroatoms. The van der Waals surface area contributed by atoms with E-state index in [0.29, 0.717) is 0 Å². The minimum Gasteiger partial charge on any atom is -0.370 e. The third-order valence-corrected chi connectivity index (χ3v) is 3.86. The first-order valence-corrected chi connectivity index (χ1v) is 8.24. The number of hydrogen-bond donors (Lipinski definition) is 0. The predicted molar refractivity (Wildman–Crippen MR) is 103 cm³/mol. The molecule has 0 unspecified atom stereocenters. The van der Waals surface area contributed by atoms with Crippen LogP contribution in [0.5, 0.6) is 0 Å². The van der Waals surface area contributed by atoms with Crippen LogP contribution in [0.3, 0.4) is 0 Å². The molecule has 0 aliphatic rings. The van der Waals surface area contributed by atoms with Crippen LogP contribution < -0.4 is 4.90 Å². The molecule has 0 bridgehead atoms. The van der Waals surface area contributed by atoms with Gasteiger partial charge in [-0.15, -0.1) is 0 Å². The Balaban J connectivity index is 1.99. The zero-order chi connectivity index (χ0) is 17.6. The molecular formula is C20H23N5. The number of imidazole rings is 1. The Morgan fingerprint density at radius 2 is 1.72 bits per heavy atom. The highest BCUT2D eigenvalue weighted by atomic mass is 15.4. The van der Waals surface area contributed by atoms with E-state index in [9.17, 15) is 0 Å². The Morgan fingerprint density at radius 1 is 1.00 bits per heavy atom. The molecule has 0 saturated carbocycles. The number of anilines is 1. The van der Waals surface area contributed by atoms with Crippen molar-refractivity contribution >= 4 is 11.5 Å². The van der Waals surface area contributed by atoms with Crippen LogP contribution in [-0.2, 0) is 6.54 Å². The summed E-state index contributed by atoms with van der Waals surface area (Å²) in [6.45, 7) is 0.830. The minimum absolute atomic E-state index is 0.830. The summed E-state index contributed by atoms with van der Waals surface area (Å²) in [7, 11) is 5.95. The number of hydrogen-bond acceptors (Lipinski definition) is 4. The molecule has 0 radical (unpaired) electrons. The van der Waals surface area contributed by atoms with Crippen molar-refractivity contribution in [3.63, 3.8) is 0 Å². The Hall–Kier alpha value is -3.08. The lowest BCUT2D eigenvalue weighted by Gasteiger charge is -2.24. The van der Waals surface area contributed by atoms with Crippen LogP contribution >= 0.6 is 0 Å². The summed E-state index contributed by atoms with van der Waals surface area (Å²) < 4.78 is 1.94. The van der Waals surface area contributed by atoms with Gasteiger partial charge in [-0.3, -0.25) is 4.57 Å². The van der Waals surface area contributed by atoms with Gasteiger partial charge in [0.2, 0.25) is 0 Å². The third kappa shape index (κ3) is 4.07. The van der Waals surface area contributed by atoms with Crippen molar-refractivity contribution in [1.29, 1.82) is 0 Å². The molecule has 5 nitrogen and oxygen atoms in total. The van der Waals surface area contributed by atoms with Gasteiger partial charge in [0.1, 0.15) is 6.33 Å². The standard InChI is InChI=1S/C20H23N5/c1-23(2)22-20(25-14-13-21-16-25)18-11-7-8-12-19(18)24(3)15-17-9-5-4-6-10-17/h4-14,16H,15H2,1-3H3/b22-20+. The van der Waals surface area contributed by atoms with E-state index in [-0.39, 0.29) is 0 Å². The SMILES string of the molecule is CN(C)/N=C(\c1ccccc1N(C)Cc1ccccc1)n1ccnc1. The second-order valence-corrected chi connectivity index (χ2v) is 6.10. The maximum absolute atomic E-state index is 4.69. The zero-order valence-electron chi connectivity index (χ0n) is 14.9. The van der Waals surface area contributed by atoms with Gasteiger partial charge in [0.25, 0.3) is 0 Å². The molecule has 25 heavy (non-hydrogen) atoms. The van der Waals surface area contributed by atoms with Crippen molar-refractivity contribution < 1.29 is 0 Å². The Labute approximate surface area is 148 Å². The average molecular weight is 333 g/mol. The number of benzene rings is 2. The summed E-state index contributed by atoms with van der Waals surface area (Å²) in [6, 6.07) is 18.8. The average Bonchev–Trinajstić information content (AvgIpc) is 3.15. The lowest BCUT2D eigenvalue weighted by Crippen LogP contribution is -2.23. The minimum atomic E-state index is 0.830. The van der Waals surface area contributed by atoms with Crippen LogP contribution in [0.15, 0.2) is 78.4 Å². The van der Waals surface area contributed by atoms with E-state index in [1.807, 2.05) is 42.0 Å². The largest absolute Gasteiger partial charge is 0.370 e. The number of rotatable bonds is 5. The van der Waals surface area contributed by atoms with Gasteiger partial charge in [0.15, 0.2) is 5.84 Å². The molecular weight excluding hydrogens is 310 g/mol. The topological polar surface area (TPSA) is 36.7 Å². The molecule has 0 spiro atoms. The quantitative estimate of drug-likeness (QED) is 0.408. The van der Waals surface area contributed by atoms with Crippen molar-refractivity contribution in [3.05, 3.63) is 84.4 Å². The van der Waals surface area contributed by atoms with Crippen LogP contribution in [0, 0.1) is 0 Å². The van der Waals surface area contributed by atoms with Crippen molar-refractivity contribution in [2.75, 3.05) is 26.0 Å². The predicted octanol–water partition coefficient (Wildman–Crippen LogP) is 3.29. The Kier molecular flexibility index (Phi) is 5.14. The monoisotopic (exact) mass is 333 g/mol. The highest BCUT2D eigenvalue weighted by Gasteiger charge is 2.15. The van der Waals surface area contributed by atoms with E-state index < -0.39 is 0 Å². The van der Waals surface area contributed by atoms with E-state index in [4.69, 9.17) is 0 Å². The van der Waals surface area contributed by atoms with Crippen LogP contribution in [0.25, 0.3) is 0 Å². The molecule has 3 aromatic rings.